The van der Waals surface area contributed by atoms with Crippen LogP contribution >= 0.6 is 11.3 Å². The Labute approximate surface area is 207 Å². The molecule has 0 amide bonds. The second kappa shape index (κ2) is 9.85. The van der Waals surface area contributed by atoms with Crippen molar-refractivity contribution in [2.45, 2.75) is 32.3 Å². The molecular formula is C27H25N5O2S. The molecule has 5 rings (SSSR count). The predicted octanol–water partition coefficient (Wildman–Crippen LogP) is 5.15. The molecule has 5 aromatic rings. The average molecular weight is 484 g/mol. The number of aryl methyl sites for hydroxylation is 1. The van der Waals surface area contributed by atoms with Crippen molar-refractivity contribution in [3.05, 3.63) is 83.8 Å². The van der Waals surface area contributed by atoms with Gasteiger partial charge in [-0.25, -0.2) is 9.97 Å². The number of fused-ring (bicyclic) bond motifs is 1. The second-order valence-electron chi connectivity index (χ2n) is 8.43. The minimum absolute atomic E-state index is 0.206. The Balaban J connectivity index is 1.54. The number of ketones is 1. The van der Waals surface area contributed by atoms with E-state index in [0.29, 0.717) is 24.4 Å². The van der Waals surface area contributed by atoms with Crippen molar-refractivity contribution in [2.24, 2.45) is 7.05 Å². The summed E-state index contributed by atoms with van der Waals surface area (Å²) in [6, 6.07) is 13.7. The van der Waals surface area contributed by atoms with Crippen LogP contribution < -0.4 is 0 Å². The lowest BCUT2D eigenvalue weighted by Gasteiger charge is -2.11. The molecule has 8 heteroatoms. The maximum Gasteiger partial charge on any atom is 0.153 e. The van der Waals surface area contributed by atoms with Gasteiger partial charge in [0.15, 0.2) is 6.10 Å². The molecule has 1 atom stereocenters. The lowest BCUT2D eigenvalue weighted by molar-refractivity contribution is -0.118. The first-order valence-electron chi connectivity index (χ1n) is 11.5. The Kier molecular flexibility index (Phi) is 6.48. The molecule has 0 saturated carbocycles. The molecule has 176 valence electrons. The van der Waals surface area contributed by atoms with Gasteiger partial charge in [0, 0.05) is 49.4 Å². The predicted molar refractivity (Wildman–Crippen MR) is 137 cm³/mol. The Bertz CT molecular complexity index is 1480. The van der Waals surface area contributed by atoms with Crippen LogP contribution in [-0.4, -0.2) is 35.4 Å². The van der Waals surface area contributed by atoms with Crippen molar-refractivity contribution in [1.82, 2.24) is 24.5 Å². The number of thiazole rings is 1. The number of imidazole rings is 1. The standard InChI is InChI=1S/C27H25N5O2S/c1-3-6-19(33)15-24-31-23-14-18(13-20(26(23)35-24)21-7-4-5-10-28-21)17-8-9-22(30-16-17)25(34)27-29-11-12-32(27)2/h4-5,7-14,16,25,34H,3,6,15H2,1-2H3. The van der Waals surface area contributed by atoms with Crippen LogP contribution in [0.2, 0.25) is 0 Å². The molecule has 0 aliphatic carbocycles. The van der Waals surface area contributed by atoms with Crippen molar-refractivity contribution >= 4 is 27.3 Å². The van der Waals surface area contributed by atoms with Gasteiger partial charge in [-0.05, 0) is 42.3 Å². The van der Waals surface area contributed by atoms with Crippen LogP contribution in [-0.2, 0) is 18.3 Å². The van der Waals surface area contributed by atoms with Gasteiger partial charge in [0.25, 0.3) is 0 Å². The third kappa shape index (κ3) is 4.76. The number of hydrogen-bond acceptors (Lipinski definition) is 7. The third-order valence-electron chi connectivity index (χ3n) is 5.86. The van der Waals surface area contributed by atoms with Gasteiger partial charge < -0.3 is 9.67 Å². The van der Waals surface area contributed by atoms with E-state index in [1.165, 1.54) is 0 Å². The average Bonchev–Trinajstić information content (AvgIpc) is 3.49. The second-order valence-corrected chi connectivity index (χ2v) is 9.51. The van der Waals surface area contributed by atoms with Crippen molar-refractivity contribution in [3.63, 3.8) is 0 Å². The zero-order chi connectivity index (χ0) is 24.4. The first-order chi connectivity index (χ1) is 17.0. The molecule has 0 fully saturated rings. The zero-order valence-corrected chi connectivity index (χ0v) is 20.4. The van der Waals surface area contributed by atoms with E-state index >= 15 is 0 Å². The maximum absolute atomic E-state index is 12.2. The highest BCUT2D eigenvalue weighted by Gasteiger charge is 2.18. The molecule has 0 aliphatic heterocycles. The van der Waals surface area contributed by atoms with E-state index in [0.717, 1.165) is 44.0 Å². The monoisotopic (exact) mass is 483 g/mol. The number of carbonyl (C=O) groups is 1. The number of hydrogen-bond donors (Lipinski definition) is 1. The molecule has 0 spiro atoms. The van der Waals surface area contributed by atoms with E-state index in [1.54, 1.807) is 40.7 Å². The summed E-state index contributed by atoms with van der Waals surface area (Å²) >= 11 is 1.55. The Morgan fingerprint density at radius 2 is 1.97 bits per heavy atom. The van der Waals surface area contributed by atoms with Crippen LogP contribution in [0.3, 0.4) is 0 Å². The van der Waals surface area contributed by atoms with Gasteiger partial charge in [-0.1, -0.05) is 19.1 Å². The lowest BCUT2D eigenvalue weighted by Crippen LogP contribution is -2.08. The molecule has 7 nitrogen and oxygen atoms in total. The van der Waals surface area contributed by atoms with Gasteiger partial charge in [-0.3, -0.25) is 14.8 Å². The van der Waals surface area contributed by atoms with Crippen LogP contribution in [0.5, 0.6) is 0 Å². The highest BCUT2D eigenvalue weighted by Crippen LogP contribution is 2.37. The van der Waals surface area contributed by atoms with Crippen LogP contribution in [0, 0.1) is 0 Å². The minimum Gasteiger partial charge on any atom is -0.379 e. The van der Waals surface area contributed by atoms with Gasteiger partial charge in [0.05, 0.1) is 28.0 Å². The third-order valence-corrected chi connectivity index (χ3v) is 6.96. The molecule has 1 unspecified atom stereocenters. The van der Waals surface area contributed by atoms with Crippen molar-refractivity contribution in [1.29, 1.82) is 0 Å². The minimum atomic E-state index is -0.905. The Hall–Kier alpha value is -3.75. The van der Waals surface area contributed by atoms with Gasteiger partial charge >= 0.3 is 0 Å². The summed E-state index contributed by atoms with van der Waals surface area (Å²) in [5.74, 6) is 0.744. The van der Waals surface area contributed by atoms with Gasteiger partial charge in [-0.2, -0.15) is 0 Å². The zero-order valence-electron chi connectivity index (χ0n) is 19.5. The number of aliphatic hydroxyl groups excluding tert-OH is 1. The Morgan fingerprint density at radius 3 is 2.66 bits per heavy atom. The number of pyridine rings is 2. The quantitative estimate of drug-likeness (QED) is 0.328. The van der Waals surface area contributed by atoms with Gasteiger partial charge in [0.1, 0.15) is 16.6 Å². The van der Waals surface area contributed by atoms with E-state index in [4.69, 9.17) is 4.98 Å². The highest BCUT2D eigenvalue weighted by atomic mass is 32.1. The fourth-order valence-corrected chi connectivity index (χ4v) is 5.18. The molecule has 1 N–H and O–H groups in total. The van der Waals surface area contributed by atoms with E-state index in [-0.39, 0.29) is 5.78 Å². The number of aliphatic hydroxyl groups is 1. The fraction of sp³-hybridized carbons (Fsp3) is 0.222. The molecule has 1 aromatic carbocycles. The molecule has 0 bridgehead atoms. The van der Waals surface area contributed by atoms with E-state index in [9.17, 15) is 9.90 Å². The summed E-state index contributed by atoms with van der Waals surface area (Å²) in [4.78, 5) is 30.3. The van der Waals surface area contributed by atoms with Crippen molar-refractivity contribution in [3.8, 4) is 22.4 Å². The molecule has 0 radical (unpaired) electrons. The lowest BCUT2D eigenvalue weighted by atomic mass is 10.0. The summed E-state index contributed by atoms with van der Waals surface area (Å²) < 4.78 is 2.79. The molecular weight excluding hydrogens is 458 g/mol. The van der Waals surface area contributed by atoms with E-state index < -0.39 is 6.10 Å². The number of nitrogens with zero attached hydrogens (tertiary/aromatic N) is 5. The Morgan fingerprint density at radius 1 is 1.09 bits per heavy atom. The molecule has 0 aliphatic rings. The van der Waals surface area contributed by atoms with Gasteiger partial charge in [-0.15, -0.1) is 11.3 Å². The SMILES string of the molecule is CCCC(=O)Cc1nc2cc(-c3ccc(C(O)c4nccn4C)nc3)cc(-c3ccccn3)c2s1. The van der Waals surface area contributed by atoms with Crippen LogP contribution in [0.15, 0.2) is 67.3 Å². The molecule has 4 aromatic heterocycles. The van der Waals surface area contributed by atoms with Crippen LogP contribution in [0.4, 0.5) is 0 Å². The summed E-state index contributed by atoms with van der Waals surface area (Å²) in [7, 11) is 1.84. The summed E-state index contributed by atoms with van der Waals surface area (Å²) in [5, 5.41) is 11.5. The number of carbonyl (C=O) groups excluding carboxylic acids is 1. The topological polar surface area (TPSA) is 93.8 Å². The molecule has 35 heavy (non-hydrogen) atoms. The summed E-state index contributed by atoms with van der Waals surface area (Å²) in [6.45, 7) is 2.01. The molecule has 0 saturated heterocycles. The van der Waals surface area contributed by atoms with Gasteiger partial charge in [0.2, 0.25) is 0 Å². The first kappa shape index (κ1) is 23.0. The maximum atomic E-state index is 12.2. The number of Topliss-reactive ketones (excluding diaryl/α,β-unsaturated/α-hetero) is 1. The largest absolute Gasteiger partial charge is 0.379 e. The summed E-state index contributed by atoms with van der Waals surface area (Å²) in [5.41, 5.74) is 5.03. The molecule has 4 heterocycles. The summed E-state index contributed by atoms with van der Waals surface area (Å²) in [6.07, 6.45) is 7.82. The number of aromatic nitrogens is 5. The highest BCUT2D eigenvalue weighted by molar-refractivity contribution is 7.19. The first-order valence-corrected chi connectivity index (χ1v) is 12.3. The normalized spacial score (nSPS) is 12.2. The van der Waals surface area contributed by atoms with E-state index in [2.05, 4.69) is 21.0 Å². The van der Waals surface area contributed by atoms with Crippen molar-refractivity contribution < 1.29 is 9.90 Å². The van der Waals surface area contributed by atoms with Crippen LogP contribution in [0.25, 0.3) is 32.6 Å². The fourth-order valence-electron chi connectivity index (χ4n) is 4.08. The van der Waals surface area contributed by atoms with Crippen LogP contribution in [0.1, 0.15) is 42.4 Å². The van der Waals surface area contributed by atoms with Crippen molar-refractivity contribution in [2.75, 3.05) is 0 Å². The number of benzene rings is 1. The smallest absolute Gasteiger partial charge is 0.153 e. The number of rotatable bonds is 8. The van der Waals surface area contributed by atoms with E-state index in [1.807, 2.05) is 50.4 Å².